The average molecular weight is 329 g/mol. The van der Waals surface area contributed by atoms with Crippen LogP contribution in [0.3, 0.4) is 0 Å². The van der Waals surface area contributed by atoms with Crippen molar-refractivity contribution in [1.82, 2.24) is 4.98 Å². The number of nitrogens with zero attached hydrogens (tertiary/aromatic N) is 1. The van der Waals surface area contributed by atoms with Gasteiger partial charge in [0.25, 0.3) is 0 Å². The van der Waals surface area contributed by atoms with E-state index in [4.69, 9.17) is 17.3 Å². The first-order valence-electron chi connectivity index (χ1n) is 4.94. The molecule has 2 rings (SSSR count). The maximum Gasteiger partial charge on any atom is 0.443 e. The van der Waals surface area contributed by atoms with Crippen LogP contribution in [-0.2, 0) is 12.7 Å². The van der Waals surface area contributed by atoms with Crippen LogP contribution >= 0.6 is 35.3 Å². The second kappa shape index (κ2) is 6.09. The second-order valence-electron chi connectivity index (χ2n) is 3.50. The first kappa shape index (κ1) is 16.2. The summed E-state index contributed by atoms with van der Waals surface area (Å²) in [6, 6.07) is 6.52. The number of rotatable bonds is 2. The molecule has 1 aromatic carbocycles. The average Bonchev–Trinajstić information content (AvgIpc) is 2.72. The number of benzene rings is 1. The largest absolute Gasteiger partial charge is 0.443 e. The molecule has 1 heterocycles. The Morgan fingerprint density at radius 2 is 2.00 bits per heavy atom. The monoisotopic (exact) mass is 328 g/mol. The molecule has 2 nitrogen and oxygen atoms in total. The lowest BCUT2D eigenvalue weighted by Crippen LogP contribution is -2.03. The van der Waals surface area contributed by atoms with Crippen LogP contribution in [0, 0.1) is 0 Å². The highest BCUT2D eigenvalue weighted by atomic mass is 35.5. The Morgan fingerprint density at radius 1 is 1.32 bits per heavy atom. The Bertz CT molecular complexity index is 569. The summed E-state index contributed by atoms with van der Waals surface area (Å²) in [5.41, 5.74) is 6.24. The molecule has 0 aliphatic rings. The minimum atomic E-state index is -4.45. The smallest absolute Gasteiger partial charge is 0.326 e. The zero-order valence-electron chi connectivity index (χ0n) is 9.37. The van der Waals surface area contributed by atoms with Gasteiger partial charge in [-0.25, -0.2) is 4.98 Å². The first-order chi connectivity index (χ1) is 8.41. The Morgan fingerprint density at radius 3 is 2.53 bits per heavy atom. The summed E-state index contributed by atoms with van der Waals surface area (Å²) in [7, 11) is 0. The molecule has 19 heavy (non-hydrogen) atoms. The third-order valence-corrected chi connectivity index (χ3v) is 3.58. The van der Waals surface area contributed by atoms with Crippen molar-refractivity contribution in [1.29, 1.82) is 0 Å². The van der Waals surface area contributed by atoms with Crippen LogP contribution in [0.5, 0.6) is 0 Å². The molecule has 104 valence electrons. The van der Waals surface area contributed by atoms with E-state index < -0.39 is 11.2 Å². The van der Waals surface area contributed by atoms with Crippen molar-refractivity contribution < 1.29 is 13.2 Å². The molecule has 0 atom stereocenters. The van der Waals surface area contributed by atoms with Gasteiger partial charge in [0.1, 0.15) is 0 Å². The van der Waals surface area contributed by atoms with Gasteiger partial charge in [-0.3, -0.25) is 0 Å². The molecular weight excluding hydrogens is 320 g/mol. The summed E-state index contributed by atoms with van der Waals surface area (Å²) < 4.78 is 37.8. The summed E-state index contributed by atoms with van der Waals surface area (Å²) in [5.74, 6) is 0. The lowest BCUT2D eigenvalue weighted by atomic mass is 10.1. The molecule has 0 amide bonds. The Hall–Kier alpha value is -0.820. The minimum absolute atomic E-state index is 0. The van der Waals surface area contributed by atoms with Crippen molar-refractivity contribution in [3.8, 4) is 11.3 Å². The van der Waals surface area contributed by atoms with Gasteiger partial charge in [-0.1, -0.05) is 23.7 Å². The number of hydrogen-bond acceptors (Lipinski definition) is 3. The second-order valence-corrected chi connectivity index (χ2v) is 5.02. The van der Waals surface area contributed by atoms with Gasteiger partial charge in [-0.15, -0.1) is 23.7 Å². The topological polar surface area (TPSA) is 38.9 Å². The summed E-state index contributed by atoms with van der Waals surface area (Å²) in [5, 5.41) is -0.449. The predicted octanol–water partition coefficient (Wildman–Crippen LogP) is 4.36. The zero-order chi connectivity index (χ0) is 13.3. The standard InChI is InChI=1S/C11H8ClF3N2S.ClH/c12-7-3-1-2-6(4-7)9-8(5-16)18-10(17-9)11(13,14)15;/h1-4H,5,16H2;1H. The minimum Gasteiger partial charge on any atom is -0.326 e. The maximum atomic E-state index is 12.6. The number of alkyl halides is 3. The number of halogens is 5. The van der Waals surface area contributed by atoms with E-state index in [2.05, 4.69) is 4.98 Å². The van der Waals surface area contributed by atoms with Gasteiger partial charge in [-0.05, 0) is 12.1 Å². The third-order valence-electron chi connectivity index (χ3n) is 2.22. The van der Waals surface area contributed by atoms with E-state index in [0.29, 0.717) is 26.8 Å². The van der Waals surface area contributed by atoms with Gasteiger partial charge in [0.05, 0.1) is 5.69 Å². The van der Waals surface area contributed by atoms with E-state index in [1.807, 2.05) is 0 Å². The Balaban J connectivity index is 0.00000180. The summed E-state index contributed by atoms with van der Waals surface area (Å²) in [4.78, 5) is 4.01. The van der Waals surface area contributed by atoms with Crippen molar-refractivity contribution in [3.63, 3.8) is 0 Å². The van der Waals surface area contributed by atoms with E-state index in [0.717, 1.165) is 0 Å². The molecule has 2 aromatic rings. The molecule has 0 unspecified atom stereocenters. The highest BCUT2D eigenvalue weighted by Crippen LogP contribution is 2.37. The normalized spacial score (nSPS) is 11.2. The molecule has 0 bridgehead atoms. The van der Waals surface area contributed by atoms with E-state index in [9.17, 15) is 13.2 Å². The molecule has 2 N–H and O–H groups in total. The highest BCUT2D eigenvalue weighted by Gasteiger charge is 2.36. The van der Waals surface area contributed by atoms with Crippen LogP contribution in [0.1, 0.15) is 9.88 Å². The lowest BCUT2D eigenvalue weighted by molar-refractivity contribution is -0.137. The predicted molar refractivity (Wildman–Crippen MR) is 72.7 cm³/mol. The van der Waals surface area contributed by atoms with Crippen LogP contribution in [0.25, 0.3) is 11.3 Å². The Kier molecular flexibility index (Phi) is 5.20. The summed E-state index contributed by atoms with van der Waals surface area (Å²) >= 11 is 6.37. The summed E-state index contributed by atoms with van der Waals surface area (Å²) in [6.07, 6.45) is -4.45. The van der Waals surface area contributed by atoms with Crippen molar-refractivity contribution >= 4 is 35.3 Å². The molecule has 0 saturated carbocycles. The zero-order valence-corrected chi connectivity index (χ0v) is 11.8. The number of thiazole rings is 1. The molecule has 0 radical (unpaired) electrons. The third kappa shape index (κ3) is 3.60. The Labute approximate surface area is 122 Å². The van der Waals surface area contributed by atoms with Crippen molar-refractivity contribution in [2.24, 2.45) is 5.73 Å². The fourth-order valence-electron chi connectivity index (χ4n) is 1.47. The number of nitrogens with two attached hydrogens (primary N) is 1. The quantitative estimate of drug-likeness (QED) is 0.889. The molecule has 0 fully saturated rings. The van der Waals surface area contributed by atoms with E-state index in [-0.39, 0.29) is 24.6 Å². The van der Waals surface area contributed by atoms with Crippen LogP contribution in [0.2, 0.25) is 5.02 Å². The fraction of sp³-hybridized carbons (Fsp3) is 0.182. The van der Waals surface area contributed by atoms with Gasteiger partial charge < -0.3 is 5.73 Å². The van der Waals surface area contributed by atoms with Crippen LogP contribution in [0.15, 0.2) is 24.3 Å². The van der Waals surface area contributed by atoms with Gasteiger partial charge in [-0.2, -0.15) is 13.2 Å². The molecular formula is C11H9Cl2F3N2S. The molecule has 8 heteroatoms. The highest BCUT2D eigenvalue weighted by molar-refractivity contribution is 7.12. The number of aromatic nitrogens is 1. The van der Waals surface area contributed by atoms with Crippen LogP contribution < -0.4 is 5.73 Å². The fourth-order valence-corrected chi connectivity index (χ4v) is 2.49. The van der Waals surface area contributed by atoms with Crippen molar-refractivity contribution in [3.05, 3.63) is 39.2 Å². The molecule has 0 aliphatic carbocycles. The van der Waals surface area contributed by atoms with Crippen molar-refractivity contribution in [2.75, 3.05) is 0 Å². The van der Waals surface area contributed by atoms with Crippen LogP contribution in [-0.4, -0.2) is 4.98 Å². The maximum absolute atomic E-state index is 12.6. The van der Waals surface area contributed by atoms with E-state index in [1.165, 1.54) is 0 Å². The van der Waals surface area contributed by atoms with Gasteiger partial charge >= 0.3 is 6.18 Å². The van der Waals surface area contributed by atoms with Gasteiger partial charge in [0.2, 0.25) is 0 Å². The van der Waals surface area contributed by atoms with Gasteiger partial charge in [0, 0.05) is 22.0 Å². The SMILES string of the molecule is Cl.NCc1sc(C(F)(F)F)nc1-c1cccc(Cl)c1. The molecule has 0 saturated heterocycles. The molecule has 0 aliphatic heterocycles. The van der Waals surface area contributed by atoms with Crippen LogP contribution in [0.4, 0.5) is 13.2 Å². The first-order valence-corrected chi connectivity index (χ1v) is 6.14. The van der Waals surface area contributed by atoms with Crippen molar-refractivity contribution in [2.45, 2.75) is 12.7 Å². The lowest BCUT2D eigenvalue weighted by Gasteiger charge is -2.01. The molecule has 0 spiro atoms. The van der Waals surface area contributed by atoms with E-state index >= 15 is 0 Å². The molecule has 1 aromatic heterocycles. The van der Waals surface area contributed by atoms with E-state index in [1.54, 1.807) is 24.3 Å². The summed E-state index contributed by atoms with van der Waals surface area (Å²) in [6.45, 7) is 0.00952. The van der Waals surface area contributed by atoms with Gasteiger partial charge in [0.15, 0.2) is 5.01 Å². The number of hydrogen-bond donors (Lipinski definition) is 1.